The molecule has 3 aromatic heterocycles. The van der Waals surface area contributed by atoms with Gasteiger partial charge in [0.15, 0.2) is 0 Å². The summed E-state index contributed by atoms with van der Waals surface area (Å²) in [5.41, 5.74) is 1.93. The van der Waals surface area contributed by atoms with E-state index in [1.165, 1.54) is 12.8 Å². The highest BCUT2D eigenvalue weighted by atomic mass is 32.1. The van der Waals surface area contributed by atoms with E-state index in [0.29, 0.717) is 12.1 Å². The molecule has 3 aromatic rings. The summed E-state index contributed by atoms with van der Waals surface area (Å²) in [6, 6.07) is 4.39. The van der Waals surface area contributed by atoms with Gasteiger partial charge >= 0.3 is 0 Å². The number of rotatable bonds is 4. The molecule has 1 saturated heterocycles. The highest BCUT2D eigenvalue weighted by Gasteiger charge is 2.36. The Bertz CT molecular complexity index is 810. The highest BCUT2D eigenvalue weighted by molar-refractivity contribution is 7.20. The van der Waals surface area contributed by atoms with Crippen molar-refractivity contribution in [1.29, 1.82) is 0 Å². The monoisotopic (exact) mass is 341 g/mol. The van der Waals surface area contributed by atoms with Crippen LogP contribution in [-0.2, 0) is 4.74 Å². The number of ether oxygens (including phenoxy) is 1. The third kappa shape index (κ3) is 2.78. The van der Waals surface area contributed by atoms with Gasteiger partial charge in [0.25, 0.3) is 0 Å². The van der Waals surface area contributed by atoms with Crippen molar-refractivity contribution < 1.29 is 4.74 Å². The molecular formula is C17H19N5OS. The zero-order chi connectivity index (χ0) is 15.9. The van der Waals surface area contributed by atoms with Crippen LogP contribution in [-0.4, -0.2) is 38.3 Å². The Morgan fingerprint density at radius 3 is 3.04 bits per heavy atom. The molecule has 6 nitrogen and oxygen atoms in total. The van der Waals surface area contributed by atoms with Crippen molar-refractivity contribution in [2.24, 2.45) is 5.92 Å². The van der Waals surface area contributed by atoms with Crippen LogP contribution in [0.1, 0.15) is 25.7 Å². The standard InChI is InChI=1S/C17H19N5OS/c1-2-12(9-18-6-1)14-10-22-17(20-14)24-16(21-22)19-13-5-7-23-15(8-13)11-3-4-11/h1-2,6,9-11,13,15H,3-5,7-8H2,(H,19,21). The van der Waals surface area contributed by atoms with Crippen LogP contribution in [0, 0.1) is 5.92 Å². The second kappa shape index (κ2) is 5.82. The molecule has 2 unspecified atom stereocenters. The van der Waals surface area contributed by atoms with Gasteiger partial charge in [0, 0.05) is 30.6 Å². The fraction of sp³-hybridized carbons (Fsp3) is 0.471. The zero-order valence-electron chi connectivity index (χ0n) is 13.3. The van der Waals surface area contributed by atoms with Gasteiger partial charge in [-0.25, -0.2) is 9.50 Å². The topological polar surface area (TPSA) is 64.3 Å². The van der Waals surface area contributed by atoms with Gasteiger partial charge in [0.1, 0.15) is 0 Å². The average molecular weight is 341 g/mol. The quantitative estimate of drug-likeness (QED) is 0.789. The maximum Gasteiger partial charge on any atom is 0.214 e. The van der Waals surface area contributed by atoms with E-state index in [0.717, 1.165) is 46.7 Å². The Labute approximate surface area is 143 Å². The van der Waals surface area contributed by atoms with Gasteiger partial charge in [-0.15, -0.1) is 5.10 Å². The largest absolute Gasteiger partial charge is 0.378 e. The molecule has 2 fully saturated rings. The van der Waals surface area contributed by atoms with Crippen LogP contribution in [0.25, 0.3) is 16.2 Å². The first-order valence-corrected chi connectivity index (χ1v) is 9.31. The van der Waals surface area contributed by atoms with Crippen LogP contribution in [0.2, 0.25) is 0 Å². The van der Waals surface area contributed by atoms with Crippen LogP contribution < -0.4 is 5.32 Å². The third-order valence-electron chi connectivity index (χ3n) is 4.79. The predicted molar refractivity (Wildman–Crippen MR) is 93.2 cm³/mol. The number of nitrogens with one attached hydrogen (secondary N) is 1. The second-order valence-corrected chi connectivity index (χ2v) is 7.57. The molecule has 0 radical (unpaired) electrons. The van der Waals surface area contributed by atoms with E-state index < -0.39 is 0 Å². The fourth-order valence-corrected chi connectivity index (χ4v) is 4.20. The highest BCUT2D eigenvalue weighted by Crippen LogP contribution is 2.38. The molecule has 5 rings (SSSR count). The third-order valence-corrected chi connectivity index (χ3v) is 5.64. The van der Waals surface area contributed by atoms with Crippen molar-refractivity contribution in [1.82, 2.24) is 19.6 Å². The first-order chi connectivity index (χ1) is 11.8. The summed E-state index contributed by atoms with van der Waals surface area (Å²) in [6.07, 6.45) is 10.8. The molecule has 0 amide bonds. The Balaban J connectivity index is 1.32. The minimum atomic E-state index is 0.442. The molecule has 7 heteroatoms. The Morgan fingerprint density at radius 1 is 1.29 bits per heavy atom. The summed E-state index contributed by atoms with van der Waals surface area (Å²) >= 11 is 1.60. The SMILES string of the molecule is c1cncc(-c2cn3nc(NC4CCOC(C5CC5)C4)sc3n2)c1. The van der Waals surface area contributed by atoms with Crippen LogP contribution in [0.4, 0.5) is 5.13 Å². The number of pyridine rings is 1. The number of imidazole rings is 1. The predicted octanol–water partition coefficient (Wildman–Crippen LogP) is 3.22. The van der Waals surface area contributed by atoms with E-state index in [4.69, 9.17) is 4.74 Å². The lowest BCUT2D eigenvalue weighted by Crippen LogP contribution is -2.35. The Morgan fingerprint density at radius 2 is 2.25 bits per heavy atom. The van der Waals surface area contributed by atoms with Crippen LogP contribution in [0.3, 0.4) is 0 Å². The van der Waals surface area contributed by atoms with Crippen molar-refractivity contribution in [3.63, 3.8) is 0 Å². The lowest BCUT2D eigenvalue weighted by atomic mass is 10.0. The Kier molecular flexibility index (Phi) is 3.48. The molecule has 1 saturated carbocycles. The number of aromatic nitrogens is 4. The van der Waals surface area contributed by atoms with E-state index in [1.54, 1.807) is 17.5 Å². The number of hydrogen-bond donors (Lipinski definition) is 1. The minimum absolute atomic E-state index is 0.442. The van der Waals surface area contributed by atoms with Gasteiger partial charge in [0.05, 0.1) is 18.0 Å². The number of fused-ring (bicyclic) bond motifs is 1. The molecule has 0 bridgehead atoms. The molecule has 0 spiro atoms. The van der Waals surface area contributed by atoms with Crippen molar-refractivity contribution >= 4 is 21.4 Å². The minimum Gasteiger partial charge on any atom is -0.378 e. The number of hydrogen-bond acceptors (Lipinski definition) is 6. The van der Waals surface area contributed by atoms with Gasteiger partial charge in [-0.2, -0.15) is 0 Å². The van der Waals surface area contributed by atoms with E-state index in [9.17, 15) is 0 Å². The maximum absolute atomic E-state index is 5.90. The van der Waals surface area contributed by atoms with Gasteiger partial charge in [-0.1, -0.05) is 11.3 Å². The van der Waals surface area contributed by atoms with Crippen LogP contribution >= 0.6 is 11.3 Å². The second-order valence-electron chi connectivity index (χ2n) is 6.61. The first-order valence-electron chi connectivity index (χ1n) is 8.50. The fourth-order valence-electron chi connectivity index (χ4n) is 3.34. The lowest BCUT2D eigenvalue weighted by Gasteiger charge is -2.30. The molecule has 0 aromatic carbocycles. The normalized spacial score (nSPS) is 24.3. The van der Waals surface area contributed by atoms with Crippen LogP contribution in [0.15, 0.2) is 30.7 Å². The van der Waals surface area contributed by atoms with E-state index >= 15 is 0 Å². The molecule has 2 atom stereocenters. The number of nitrogens with zero attached hydrogens (tertiary/aromatic N) is 4. The van der Waals surface area contributed by atoms with Gasteiger partial charge in [0.2, 0.25) is 10.1 Å². The maximum atomic E-state index is 5.90. The molecule has 2 aliphatic rings. The van der Waals surface area contributed by atoms with E-state index in [1.807, 2.05) is 29.0 Å². The first kappa shape index (κ1) is 14.4. The van der Waals surface area contributed by atoms with Crippen molar-refractivity contribution in [3.8, 4) is 11.3 Å². The van der Waals surface area contributed by atoms with Crippen molar-refractivity contribution in [3.05, 3.63) is 30.7 Å². The zero-order valence-corrected chi connectivity index (χ0v) is 14.1. The van der Waals surface area contributed by atoms with Gasteiger partial charge in [-0.05, 0) is 43.7 Å². The van der Waals surface area contributed by atoms with Crippen molar-refractivity contribution in [2.75, 3.05) is 11.9 Å². The molecule has 1 aliphatic carbocycles. The summed E-state index contributed by atoms with van der Waals surface area (Å²) < 4.78 is 7.75. The summed E-state index contributed by atoms with van der Waals surface area (Å²) in [5.74, 6) is 0.797. The molecule has 4 heterocycles. The smallest absolute Gasteiger partial charge is 0.214 e. The number of anilines is 1. The van der Waals surface area contributed by atoms with Gasteiger partial charge in [-0.3, -0.25) is 4.98 Å². The summed E-state index contributed by atoms with van der Waals surface area (Å²) in [4.78, 5) is 9.72. The lowest BCUT2D eigenvalue weighted by molar-refractivity contribution is -0.00219. The molecule has 1 N–H and O–H groups in total. The molecule has 1 aliphatic heterocycles. The van der Waals surface area contributed by atoms with E-state index in [-0.39, 0.29) is 0 Å². The summed E-state index contributed by atoms with van der Waals surface area (Å²) in [5, 5.41) is 9.16. The van der Waals surface area contributed by atoms with Crippen molar-refractivity contribution in [2.45, 2.75) is 37.8 Å². The van der Waals surface area contributed by atoms with E-state index in [2.05, 4.69) is 20.4 Å². The molecule has 24 heavy (non-hydrogen) atoms. The Hall–Kier alpha value is -1.99. The van der Waals surface area contributed by atoms with Crippen LogP contribution in [0.5, 0.6) is 0 Å². The average Bonchev–Trinajstić information content (AvgIpc) is 3.29. The van der Waals surface area contributed by atoms with Gasteiger partial charge < -0.3 is 10.1 Å². The summed E-state index contributed by atoms with van der Waals surface area (Å²) in [7, 11) is 0. The summed E-state index contributed by atoms with van der Waals surface area (Å²) in [6.45, 7) is 0.854. The molecule has 124 valence electrons. The molecular weight excluding hydrogens is 322 g/mol.